The van der Waals surface area contributed by atoms with Gasteiger partial charge in [0.1, 0.15) is 0 Å². The van der Waals surface area contributed by atoms with Gasteiger partial charge in [-0.05, 0) is 67.3 Å². The van der Waals surface area contributed by atoms with Gasteiger partial charge in [-0.1, -0.05) is 13.3 Å². The predicted molar refractivity (Wildman–Crippen MR) is 94.0 cm³/mol. The van der Waals surface area contributed by atoms with Gasteiger partial charge in [0.15, 0.2) is 0 Å². The average molecular weight is 342 g/mol. The molecule has 2 nitrogen and oxygen atoms in total. The van der Waals surface area contributed by atoms with E-state index in [2.05, 4.69) is 23.0 Å². The second kappa shape index (κ2) is 6.47. The number of alkyl halides is 2. The third kappa shape index (κ3) is 3.07. The molecule has 0 N–H and O–H groups in total. The molecule has 132 valence electrons. The molecule has 0 spiro atoms. The minimum atomic E-state index is -2.75. The van der Waals surface area contributed by atoms with Crippen LogP contribution in [0.1, 0.15) is 78.9 Å². The Kier molecular flexibility index (Phi) is 4.30. The number of nitrogens with zero attached hydrogens (tertiary/aromatic N) is 2. The Morgan fingerprint density at radius 1 is 1.08 bits per heavy atom. The number of rotatable bonds is 2. The van der Waals surface area contributed by atoms with Crippen LogP contribution >= 0.6 is 0 Å². The molecule has 2 heterocycles. The summed E-state index contributed by atoms with van der Waals surface area (Å²) in [5.41, 5.74) is 4.58. The monoisotopic (exact) mass is 342 g/mol. The third-order valence-electron chi connectivity index (χ3n) is 5.86. The molecular weight excluding hydrogens is 318 g/mol. The van der Waals surface area contributed by atoms with Gasteiger partial charge < -0.3 is 0 Å². The van der Waals surface area contributed by atoms with Gasteiger partial charge in [-0.2, -0.15) is 0 Å². The van der Waals surface area contributed by atoms with Crippen LogP contribution in [-0.2, 0) is 18.8 Å². The molecular formula is C21H24F2N2. The molecule has 0 amide bonds. The molecule has 0 radical (unpaired) electrons. The van der Waals surface area contributed by atoms with Crippen LogP contribution in [0.2, 0.25) is 0 Å². The molecule has 2 aromatic heterocycles. The number of aromatic nitrogens is 2. The molecule has 0 aromatic carbocycles. The fourth-order valence-electron chi connectivity index (χ4n) is 4.49. The minimum absolute atomic E-state index is 0.0703. The van der Waals surface area contributed by atoms with Gasteiger partial charge >= 0.3 is 0 Å². The highest BCUT2D eigenvalue weighted by Gasteiger charge is 2.41. The normalized spacial score (nSPS) is 24.9. The molecule has 2 aliphatic rings. The first-order valence-electron chi connectivity index (χ1n) is 9.36. The molecule has 0 saturated heterocycles. The van der Waals surface area contributed by atoms with E-state index in [0.717, 1.165) is 12.8 Å². The van der Waals surface area contributed by atoms with E-state index in [1.165, 1.54) is 36.1 Å². The van der Waals surface area contributed by atoms with Gasteiger partial charge in [-0.15, -0.1) is 0 Å². The maximum absolute atomic E-state index is 14.2. The summed E-state index contributed by atoms with van der Waals surface area (Å²) in [5.74, 6) is -2.19. The first-order chi connectivity index (χ1) is 12.1. The lowest BCUT2D eigenvalue weighted by Crippen LogP contribution is -2.26. The Bertz CT molecular complexity index is 772. The molecule has 0 saturated carbocycles. The molecule has 4 heteroatoms. The maximum atomic E-state index is 14.2. The topological polar surface area (TPSA) is 25.8 Å². The molecule has 0 aliphatic heterocycles. The maximum Gasteiger partial charge on any atom is 0.275 e. The Labute approximate surface area is 147 Å². The van der Waals surface area contributed by atoms with Crippen molar-refractivity contribution in [3.05, 3.63) is 58.7 Å². The number of halogens is 2. The number of pyridine rings is 2. The van der Waals surface area contributed by atoms with E-state index in [4.69, 9.17) is 0 Å². The second-order valence-electron chi connectivity index (χ2n) is 7.56. The van der Waals surface area contributed by atoms with Crippen molar-refractivity contribution in [2.75, 3.05) is 0 Å². The van der Waals surface area contributed by atoms with Crippen LogP contribution in [-0.4, -0.2) is 9.97 Å². The molecule has 25 heavy (non-hydrogen) atoms. The lowest BCUT2D eigenvalue weighted by molar-refractivity contribution is -0.0261. The summed E-state index contributed by atoms with van der Waals surface area (Å²) in [6, 6.07) is 5.26. The van der Waals surface area contributed by atoms with Crippen LogP contribution in [0.3, 0.4) is 0 Å². The van der Waals surface area contributed by atoms with E-state index in [9.17, 15) is 8.78 Å². The van der Waals surface area contributed by atoms with Crippen molar-refractivity contribution in [3.8, 4) is 0 Å². The molecule has 2 aromatic rings. The zero-order valence-electron chi connectivity index (χ0n) is 14.6. The molecule has 0 fully saturated rings. The van der Waals surface area contributed by atoms with E-state index < -0.39 is 5.92 Å². The highest BCUT2D eigenvalue weighted by Crippen LogP contribution is 2.45. The number of fused-ring (bicyclic) bond motifs is 2. The van der Waals surface area contributed by atoms with E-state index in [0.29, 0.717) is 18.0 Å². The fourth-order valence-corrected chi connectivity index (χ4v) is 4.49. The van der Waals surface area contributed by atoms with Gasteiger partial charge in [0, 0.05) is 36.0 Å². The summed E-state index contributed by atoms with van der Waals surface area (Å²) >= 11 is 0. The predicted octanol–water partition coefficient (Wildman–Crippen LogP) is 5.52. The van der Waals surface area contributed by atoms with E-state index in [1.807, 2.05) is 6.20 Å². The Morgan fingerprint density at radius 3 is 2.80 bits per heavy atom. The van der Waals surface area contributed by atoms with Crippen molar-refractivity contribution in [1.82, 2.24) is 9.97 Å². The summed E-state index contributed by atoms with van der Waals surface area (Å²) in [7, 11) is 0. The van der Waals surface area contributed by atoms with Crippen molar-refractivity contribution < 1.29 is 8.78 Å². The molecule has 2 atom stereocenters. The van der Waals surface area contributed by atoms with Crippen molar-refractivity contribution in [3.63, 3.8) is 0 Å². The molecule has 1 unspecified atom stereocenters. The third-order valence-corrected chi connectivity index (χ3v) is 5.86. The highest BCUT2D eigenvalue weighted by atomic mass is 19.3. The van der Waals surface area contributed by atoms with Crippen LogP contribution in [0.4, 0.5) is 8.78 Å². The van der Waals surface area contributed by atoms with Crippen molar-refractivity contribution in [2.45, 2.75) is 69.6 Å². The zero-order chi connectivity index (χ0) is 17.4. The lowest BCUT2D eigenvalue weighted by Gasteiger charge is -2.31. The zero-order valence-corrected chi connectivity index (χ0v) is 14.6. The SMILES string of the molecule is C[C@H]1CCCCc2c(CC3CCC(F)(F)c4cccnc43)ccnc21. The van der Waals surface area contributed by atoms with E-state index in [1.54, 1.807) is 18.3 Å². The largest absolute Gasteiger partial charge is 0.275 e. The van der Waals surface area contributed by atoms with E-state index >= 15 is 0 Å². The number of hydrogen-bond acceptors (Lipinski definition) is 2. The van der Waals surface area contributed by atoms with E-state index in [-0.39, 0.29) is 17.9 Å². The van der Waals surface area contributed by atoms with Crippen LogP contribution in [0.5, 0.6) is 0 Å². The van der Waals surface area contributed by atoms with Gasteiger partial charge in [0.2, 0.25) is 0 Å². The van der Waals surface area contributed by atoms with Gasteiger partial charge in [-0.25, -0.2) is 8.78 Å². The lowest BCUT2D eigenvalue weighted by atomic mass is 9.80. The van der Waals surface area contributed by atoms with Crippen molar-refractivity contribution in [2.24, 2.45) is 0 Å². The van der Waals surface area contributed by atoms with Crippen LogP contribution in [0.15, 0.2) is 30.6 Å². The molecule has 2 aliphatic carbocycles. The molecule has 0 bridgehead atoms. The fraction of sp³-hybridized carbons (Fsp3) is 0.524. The second-order valence-corrected chi connectivity index (χ2v) is 7.56. The average Bonchev–Trinajstić information content (AvgIpc) is 2.80. The number of hydrogen-bond donors (Lipinski definition) is 0. The first-order valence-corrected chi connectivity index (χ1v) is 9.36. The Hall–Kier alpha value is -1.84. The summed E-state index contributed by atoms with van der Waals surface area (Å²) in [5, 5.41) is 0. The standard InChI is InChI=1S/C21H24F2N2/c1-14-5-2-3-6-17-15(9-12-25-19(14)17)13-16-8-10-21(22,23)18-7-4-11-24-20(16)18/h4,7,9,11-12,14,16H,2-3,5-6,8,10,13H2,1H3/t14-,16?/m0/s1. The summed E-state index contributed by atoms with van der Waals surface area (Å²) in [6.07, 6.45) is 9.39. The van der Waals surface area contributed by atoms with Gasteiger partial charge in [0.05, 0.1) is 5.69 Å². The van der Waals surface area contributed by atoms with Crippen LogP contribution in [0, 0.1) is 0 Å². The summed E-state index contributed by atoms with van der Waals surface area (Å²) in [6.45, 7) is 2.25. The smallest absolute Gasteiger partial charge is 0.261 e. The van der Waals surface area contributed by atoms with Gasteiger partial charge in [0.25, 0.3) is 5.92 Å². The Balaban J connectivity index is 1.69. The Morgan fingerprint density at radius 2 is 1.92 bits per heavy atom. The van der Waals surface area contributed by atoms with Crippen LogP contribution < -0.4 is 0 Å². The van der Waals surface area contributed by atoms with Gasteiger partial charge in [-0.3, -0.25) is 9.97 Å². The summed E-state index contributed by atoms with van der Waals surface area (Å²) < 4.78 is 28.5. The summed E-state index contributed by atoms with van der Waals surface area (Å²) in [4.78, 5) is 8.99. The molecule has 4 rings (SSSR count). The van der Waals surface area contributed by atoms with Crippen molar-refractivity contribution >= 4 is 0 Å². The van der Waals surface area contributed by atoms with Crippen molar-refractivity contribution in [1.29, 1.82) is 0 Å². The quantitative estimate of drug-likeness (QED) is 0.672. The minimum Gasteiger partial charge on any atom is -0.261 e. The highest BCUT2D eigenvalue weighted by molar-refractivity contribution is 5.37. The first kappa shape index (κ1) is 16.6. The van der Waals surface area contributed by atoms with Crippen LogP contribution in [0.25, 0.3) is 0 Å².